The van der Waals surface area contributed by atoms with Crippen LogP contribution in [0.3, 0.4) is 0 Å². The van der Waals surface area contributed by atoms with Crippen LogP contribution >= 0.6 is 0 Å². The number of carbonyl (C=O) groups is 2. The predicted molar refractivity (Wildman–Crippen MR) is 143 cm³/mol. The van der Waals surface area contributed by atoms with Crippen LogP contribution in [0.1, 0.15) is 82.7 Å². The summed E-state index contributed by atoms with van der Waals surface area (Å²) in [7, 11) is 0. The second kappa shape index (κ2) is 13.8. The van der Waals surface area contributed by atoms with Crippen LogP contribution in [0, 0.1) is 5.41 Å². The zero-order chi connectivity index (χ0) is 31.9. The zero-order valence-electron chi connectivity index (χ0n) is 24.4. The van der Waals surface area contributed by atoms with Gasteiger partial charge in [-0.2, -0.15) is 26.3 Å². The first-order valence-corrected chi connectivity index (χ1v) is 13.3. The third kappa shape index (κ3) is 11.5. The number of amides is 1. The SMILES string of the molecule is CC(C)(C)OC(=O)N[C@@H](c1ccccc1)[C@H](CCCOC(=O)C(C)(C)C)OCc1cc(C(F)(F)F)cc(C(F)(F)F)c1. The van der Waals surface area contributed by atoms with Crippen LogP contribution in [-0.2, 0) is 38.0 Å². The van der Waals surface area contributed by atoms with Crippen LogP contribution in [0.4, 0.5) is 31.1 Å². The highest BCUT2D eigenvalue weighted by atomic mass is 19.4. The number of nitrogens with one attached hydrogen (secondary N) is 1. The molecule has 0 saturated heterocycles. The van der Waals surface area contributed by atoms with Crippen molar-refractivity contribution in [2.24, 2.45) is 5.41 Å². The fourth-order valence-electron chi connectivity index (χ4n) is 3.80. The highest BCUT2D eigenvalue weighted by Crippen LogP contribution is 2.37. The summed E-state index contributed by atoms with van der Waals surface area (Å²) in [6, 6.07) is 8.82. The molecule has 6 nitrogen and oxygen atoms in total. The van der Waals surface area contributed by atoms with Gasteiger partial charge < -0.3 is 19.5 Å². The van der Waals surface area contributed by atoms with Crippen molar-refractivity contribution in [1.82, 2.24) is 5.32 Å². The van der Waals surface area contributed by atoms with Gasteiger partial charge in [0.25, 0.3) is 0 Å². The van der Waals surface area contributed by atoms with E-state index in [1.807, 2.05) is 0 Å². The van der Waals surface area contributed by atoms with Crippen molar-refractivity contribution < 1.29 is 50.1 Å². The quantitative estimate of drug-likeness (QED) is 0.168. The summed E-state index contributed by atoms with van der Waals surface area (Å²) in [5, 5.41) is 2.72. The number of carbonyl (C=O) groups excluding carboxylic acids is 2. The van der Waals surface area contributed by atoms with Crippen LogP contribution in [0.2, 0.25) is 0 Å². The highest BCUT2D eigenvalue weighted by Gasteiger charge is 2.37. The first-order valence-electron chi connectivity index (χ1n) is 13.3. The van der Waals surface area contributed by atoms with Crippen LogP contribution in [-0.4, -0.2) is 30.4 Å². The molecule has 12 heteroatoms. The van der Waals surface area contributed by atoms with E-state index in [0.717, 1.165) is 0 Å². The van der Waals surface area contributed by atoms with Crippen LogP contribution in [0.25, 0.3) is 0 Å². The third-order valence-corrected chi connectivity index (χ3v) is 5.79. The lowest BCUT2D eigenvalue weighted by Crippen LogP contribution is -2.40. The average Bonchev–Trinajstić information content (AvgIpc) is 2.84. The molecular formula is C30H37F6NO5. The zero-order valence-corrected chi connectivity index (χ0v) is 24.4. The van der Waals surface area contributed by atoms with Crippen molar-refractivity contribution in [1.29, 1.82) is 0 Å². The highest BCUT2D eigenvalue weighted by molar-refractivity contribution is 5.75. The van der Waals surface area contributed by atoms with Crippen molar-refractivity contribution in [3.05, 3.63) is 70.8 Å². The summed E-state index contributed by atoms with van der Waals surface area (Å²) in [6.07, 6.45) is -11.5. The Hall–Kier alpha value is -3.28. The lowest BCUT2D eigenvalue weighted by Gasteiger charge is -2.30. The molecule has 42 heavy (non-hydrogen) atoms. The Morgan fingerprint density at radius 1 is 0.833 bits per heavy atom. The molecule has 0 aromatic heterocycles. The van der Waals surface area contributed by atoms with Gasteiger partial charge >= 0.3 is 24.4 Å². The van der Waals surface area contributed by atoms with Crippen molar-refractivity contribution in [3.63, 3.8) is 0 Å². The van der Waals surface area contributed by atoms with Gasteiger partial charge in [-0.15, -0.1) is 0 Å². The lowest BCUT2D eigenvalue weighted by atomic mass is 9.97. The Balaban J connectivity index is 2.41. The van der Waals surface area contributed by atoms with Gasteiger partial charge in [0.05, 0.1) is 41.9 Å². The molecule has 0 spiro atoms. The van der Waals surface area contributed by atoms with E-state index in [-0.39, 0.29) is 31.1 Å². The Labute approximate surface area is 241 Å². The maximum Gasteiger partial charge on any atom is 0.416 e. The third-order valence-electron chi connectivity index (χ3n) is 5.79. The maximum absolute atomic E-state index is 13.4. The fraction of sp³-hybridized carbons (Fsp3) is 0.533. The number of alkyl carbamates (subject to hydrolysis) is 1. The van der Waals surface area contributed by atoms with Crippen molar-refractivity contribution in [3.8, 4) is 0 Å². The van der Waals surface area contributed by atoms with E-state index in [1.165, 1.54) is 0 Å². The number of benzene rings is 2. The molecule has 1 amide bonds. The van der Waals surface area contributed by atoms with Crippen LogP contribution in [0.15, 0.2) is 48.5 Å². The summed E-state index contributed by atoms with van der Waals surface area (Å²) < 4.78 is 97.1. The summed E-state index contributed by atoms with van der Waals surface area (Å²) in [5.41, 5.74) is -4.33. The second-order valence-electron chi connectivity index (χ2n) is 11.8. The molecule has 234 valence electrons. The lowest BCUT2D eigenvalue weighted by molar-refractivity contribution is -0.153. The molecule has 0 fully saturated rings. The van der Waals surface area contributed by atoms with Gasteiger partial charge in [0.1, 0.15) is 5.60 Å². The smallest absolute Gasteiger partial charge is 0.416 e. The molecular weight excluding hydrogens is 568 g/mol. The normalized spacial score (nSPS) is 14.2. The number of ether oxygens (including phenoxy) is 3. The molecule has 0 saturated carbocycles. The predicted octanol–water partition coefficient (Wildman–Crippen LogP) is 8.24. The number of esters is 1. The Morgan fingerprint density at radius 3 is 1.86 bits per heavy atom. The van der Waals surface area contributed by atoms with E-state index in [0.29, 0.717) is 17.7 Å². The minimum atomic E-state index is -5.02. The molecule has 0 aliphatic heterocycles. The van der Waals surface area contributed by atoms with E-state index in [4.69, 9.17) is 14.2 Å². The Morgan fingerprint density at radius 2 is 1.38 bits per heavy atom. The van der Waals surface area contributed by atoms with Crippen LogP contribution in [0.5, 0.6) is 0 Å². The van der Waals surface area contributed by atoms with Crippen molar-refractivity contribution in [2.45, 2.75) is 91.1 Å². The minimum absolute atomic E-state index is 0.0221. The summed E-state index contributed by atoms with van der Waals surface area (Å²) in [6.45, 7) is 9.38. The van der Waals surface area contributed by atoms with E-state index in [9.17, 15) is 35.9 Å². The number of halogens is 6. The number of hydrogen-bond acceptors (Lipinski definition) is 5. The average molecular weight is 606 g/mol. The molecule has 2 aromatic rings. The topological polar surface area (TPSA) is 73.9 Å². The van der Waals surface area contributed by atoms with Gasteiger partial charge in [-0.3, -0.25) is 4.79 Å². The van der Waals surface area contributed by atoms with Gasteiger partial charge in [-0.25, -0.2) is 4.79 Å². The number of hydrogen-bond donors (Lipinski definition) is 1. The van der Waals surface area contributed by atoms with E-state index >= 15 is 0 Å². The molecule has 2 aromatic carbocycles. The van der Waals surface area contributed by atoms with E-state index < -0.39 is 65.3 Å². The first kappa shape index (κ1) is 34.9. The molecule has 0 radical (unpaired) electrons. The Kier molecular flexibility index (Phi) is 11.5. The van der Waals surface area contributed by atoms with Gasteiger partial charge in [-0.1, -0.05) is 30.3 Å². The molecule has 1 N–H and O–H groups in total. The van der Waals surface area contributed by atoms with Gasteiger partial charge in [0.15, 0.2) is 0 Å². The van der Waals surface area contributed by atoms with E-state index in [1.54, 1.807) is 71.9 Å². The van der Waals surface area contributed by atoms with Crippen molar-refractivity contribution >= 4 is 12.1 Å². The van der Waals surface area contributed by atoms with Crippen LogP contribution < -0.4 is 5.32 Å². The summed E-state index contributed by atoms with van der Waals surface area (Å²) in [4.78, 5) is 24.9. The fourth-order valence-corrected chi connectivity index (χ4v) is 3.80. The standard InChI is InChI=1S/C30H37F6NO5/c1-27(2,3)25(38)40-14-10-13-23(24(20-11-8-7-9-12-20)37-26(39)42-28(4,5)6)41-18-19-15-21(29(31,32)33)17-22(16-19)30(34,35)36/h7-9,11-12,15-17,23-24H,10,13-14,18H2,1-6H3,(H,37,39)/t23-,24-/m0/s1. The molecule has 0 bridgehead atoms. The van der Waals surface area contributed by atoms with Crippen molar-refractivity contribution in [2.75, 3.05) is 6.61 Å². The van der Waals surface area contributed by atoms with Gasteiger partial charge in [0.2, 0.25) is 0 Å². The molecule has 2 atom stereocenters. The minimum Gasteiger partial charge on any atom is -0.465 e. The largest absolute Gasteiger partial charge is 0.465 e. The molecule has 0 unspecified atom stereocenters. The maximum atomic E-state index is 13.4. The number of rotatable bonds is 10. The Bertz CT molecular complexity index is 1150. The van der Waals surface area contributed by atoms with Gasteiger partial charge in [0, 0.05) is 0 Å². The van der Waals surface area contributed by atoms with E-state index in [2.05, 4.69) is 5.32 Å². The molecule has 2 rings (SSSR count). The van der Waals surface area contributed by atoms with Gasteiger partial charge in [-0.05, 0) is 83.7 Å². The number of alkyl halides is 6. The summed E-state index contributed by atoms with van der Waals surface area (Å²) >= 11 is 0. The summed E-state index contributed by atoms with van der Waals surface area (Å²) in [5.74, 6) is -0.449. The monoisotopic (exact) mass is 605 g/mol. The molecule has 0 aliphatic rings. The molecule has 0 aliphatic carbocycles. The second-order valence-corrected chi connectivity index (χ2v) is 11.8. The molecule has 0 heterocycles. The first-order chi connectivity index (χ1) is 19.2.